The molecule has 158 valence electrons. The molecular weight excluding hydrogens is 470 g/mol. The van der Waals surface area contributed by atoms with Crippen molar-refractivity contribution in [3.8, 4) is 5.88 Å². The van der Waals surface area contributed by atoms with Crippen molar-refractivity contribution in [2.75, 3.05) is 19.7 Å². The molecule has 2 rings (SSSR count). The number of nitrogens with two attached hydrogens (primary N) is 1. The molecule has 10 nitrogen and oxygen atoms in total. The number of nitrogens with one attached hydrogen (secondary N) is 2. The lowest BCUT2D eigenvalue weighted by Crippen LogP contribution is -2.35. The maximum absolute atomic E-state index is 13.3. The Labute approximate surface area is 168 Å². The molecular formula is C14H14BrF4N7O3. The molecule has 29 heavy (non-hydrogen) atoms. The number of hydrogen-bond acceptors (Lipinski definition) is 7. The third kappa shape index (κ3) is 7.19. The van der Waals surface area contributed by atoms with Crippen LogP contribution >= 0.6 is 15.9 Å². The van der Waals surface area contributed by atoms with E-state index in [1.807, 2.05) is 0 Å². The highest BCUT2D eigenvalue weighted by atomic mass is 79.9. The molecule has 1 aromatic heterocycles. The molecule has 0 atom stereocenters. The van der Waals surface area contributed by atoms with E-state index in [1.54, 1.807) is 5.48 Å². The van der Waals surface area contributed by atoms with Crippen LogP contribution in [0.2, 0.25) is 0 Å². The lowest BCUT2D eigenvalue weighted by molar-refractivity contribution is -0.118. The van der Waals surface area contributed by atoms with Gasteiger partial charge in [-0.2, -0.15) is 13.2 Å². The van der Waals surface area contributed by atoms with Gasteiger partial charge >= 0.3 is 6.18 Å². The summed E-state index contributed by atoms with van der Waals surface area (Å²) in [6, 6.07) is 3.86. The lowest BCUT2D eigenvalue weighted by atomic mass is 10.3. The van der Waals surface area contributed by atoms with Crippen molar-refractivity contribution in [2.24, 2.45) is 15.7 Å². The Bertz CT molecular complexity index is 888. The van der Waals surface area contributed by atoms with E-state index >= 15 is 0 Å². The molecule has 0 aliphatic carbocycles. The highest BCUT2D eigenvalue weighted by Gasteiger charge is 2.26. The summed E-state index contributed by atoms with van der Waals surface area (Å²) in [6.07, 6.45) is -4.46. The largest absolute Gasteiger partial charge is 0.472 e. The van der Waals surface area contributed by atoms with E-state index in [-0.39, 0.29) is 40.7 Å². The molecule has 2 aromatic rings. The second kappa shape index (κ2) is 10.0. The van der Waals surface area contributed by atoms with Crippen molar-refractivity contribution in [3.05, 3.63) is 34.2 Å². The van der Waals surface area contributed by atoms with Crippen molar-refractivity contribution >= 4 is 33.4 Å². The smallest absolute Gasteiger partial charge is 0.408 e. The van der Waals surface area contributed by atoms with Crippen LogP contribution in [-0.2, 0) is 0 Å². The molecule has 0 aliphatic rings. The van der Waals surface area contributed by atoms with Crippen LogP contribution in [0.3, 0.4) is 0 Å². The van der Waals surface area contributed by atoms with Gasteiger partial charge in [-0.1, -0.05) is 0 Å². The molecule has 15 heteroatoms. The first-order valence-electron chi connectivity index (χ1n) is 7.69. The van der Waals surface area contributed by atoms with Gasteiger partial charge in [0, 0.05) is 0 Å². The number of rotatable bonds is 7. The summed E-state index contributed by atoms with van der Waals surface area (Å²) < 4.78 is 59.4. The summed E-state index contributed by atoms with van der Waals surface area (Å²) >= 11 is 3.01. The fourth-order valence-electron chi connectivity index (χ4n) is 1.79. The van der Waals surface area contributed by atoms with Crippen molar-refractivity contribution < 1.29 is 32.1 Å². The molecule has 0 amide bonds. The van der Waals surface area contributed by atoms with Gasteiger partial charge in [-0.05, 0) is 44.4 Å². The predicted molar refractivity (Wildman–Crippen MR) is 95.6 cm³/mol. The van der Waals surface area contributed by atoms with Crippen molar-refractivity contribution in [2.45, 2.75) is 6.18 Å². The Morgan fingerprint density at radius 3 is 2.76 bits per heavy atom. The van der Waals surface area contributed by atoms with E-state index in [2.05, 4.69) is 46.2 Å². The van der Waals surface area contributed by atoms with Crippen molar-refractivity contribution in [1.82, 2.24) is 21.1 Å². The predicted octanol–water partition coefficient (Wildman–Crippen LogP) is 1.87. The molecule has 0 aliphatic heterocycles. The average Bonchev–Trinajstić information content (AvgIpc) is 3.12. The van der Waals surface area contributed by atoms with Crippen LogP contribution in [0, 0.1) is 5.82 Å². The number of nitrogens with zero attached hydrogens (tertiary/aromatic N) is 4. The fraction of sp³-hybridized carbons (Fsp3) is 0.286. The zero-order valence-electron chi connectivity index (χ0n) is 14.4. The van der Waals surface area contributed by atoms with Crippen LogP contribution in [-0.4, -0.2) is 53.2 Å². The molecule has 0 radical (unpaired) electrons. The van der Waals surface area contributed by atoms with Crippen LogP contribution in [0.5, 0.6) is 5.88 Å². The standard InChI is InChI=1S/C14H14BrF4N7O3/c15-8-5-7(1-2-9(8)16)23-11(24-27)10-12(26-29-25-10)28-4-3-21-13(20)22-6-14(17,18)19/h1-2,5,27H,3-4,6H2,(H,23,24)(H3,20,21,22). The fourth-order valence-corrected chi connectivity index (χ4v) is 2.16. The van der Waals surface area contributed by atoms with Gasteiger partial charge in [-0.15, -0.1) is 0 Å². The highest BCUT2D eigenvalue weighted by Crippen LogP contribution is 2.23. The Morgan fingerprint density at radius 1 is 1.34 bits per heavy atom. The average molecular weight is 484 g/mol. The van der Waals surface area contributed by atoms with E-state index in [9.17, 15) is 22.8 Å². The SMILES string of the molecule is NC(=NCC(F)(F)F)NCCOc1nonc1C(=Nc1ccc(F)c(Br)c1)NO. The number of ether oxygens (including phenoxy) is 1. The first-order chi connectivity index (χ1) is 13.7. The number of hydrogen-bond donors (Lipinski definition) is 4. The van der Waals surface area contributed by atoms with Gasteiger partial charge in [0.2, 0.25) is 5.69 Å². The number of aromatic nitrogens is 2. The molecule has 0 bridgehead atoms. The normalized spacial score (nSPS) is 12.8. The number of halogens is 5. The number of guanidine groups is 1. The summed E-state index contributed by atoms with van der Waals surface area (Å²) in [5.41, 5.74) is 7.26. The van der Waals surface area contributed by atoms with Crippen LogP contribution in [0.15, 0.2) is 37.3 Å². The maximum Gasteiger partial charge on any atom is 0.408 e. The van der Waals surface area contributed by atoms with Gasteiger partial charge < -0.3 is 15.8 Å². The molecule has 0 saturated carbocycles. The van der Waals surface area contributed by atoms with Gasteiger partial charge in [0.15, 0.2) is 11.8 Å². The van der Waals surface area contributed by atoms with E-state index in [1.165, 1.54) is 12.1 Å². The number of hydroxylamine groups is 1. The summed E-state index contributed by atoms with van der Waals surface area (Å²) in [6.45, 7) is -1.53. The Hall–Kier alpha value is -2.94. The number of aliphatic imine (C=N–C) groups is 2. The van der Waals surface area contributed by atoms with Crippen LogP contribution < -0.4 is 21.3 Å². The van der Waals surface area contributed by atoms with Gasteiger partial charge in [0.1, 0.15) is 19.0 Å². The van der Waals surface area contributed by atoms with Gasteiger partial charge in [0.05, 0.1) is 16.7 Å². The number of benzene rings is 1. The topological polar surface area (TPSA) is 143 Å². The summed E-state index contributed by atoms with van der Waals surface area (Å²) in [5.74, 6) is -1.29. The van der Waals surface area contributed by atoms with Gasteiger partial charge in [0.25, 0.3) is 5.88 Å². The van der Waals surface area contributed by atoms with E-state index in [0.29, 0.717) is 0 Å². The van der Waals surface area contributed by atoms with E-state index < -0.39 is 24.5 Å². The Kier molecular flexibility index (Phi) is 7.72. The first-order valence-corrected chi connectivity index (χ1v) is 8.49. The molecule has 0 saturated heterocycles. The molecule has 0 unspecified atom stereocenters. The van der Waals surface area contributed by atoms with Crippen LogP contribution in [0.4, 0.5) is 23.2 Å². The lowest BCUT2D eigenvalue weighted by Gasteiger charge is -2.08. The first kappa shape index (κ1) is 22.4. The monoisotopic (exact) mass is 483 g/mol. The van der Waals surface area contributed by atoms with Crippen molar-refractivity contribution in [1.29, 1.82) is 0 Å². The third-order valence-electron chi connectivity index (χ3n) is 3.01. The quantitative estimate of drug-likeness (QED) is 0.153. The van der Waals surface area contributed by atoms with E-state index in [0.717, 1.165) is 6.07 Å². The maximum atomic E-state index is 13.3. The number of alkyl halides is 3. The Balaban J connectivity index is 1.98. The van der Waals surface area contributed by atoms with Crippen LogP contribution in [0.1, 0.15) is 5.69 Å². The van der Waals surface area contributed by atoms with Crippen LogP contribution in [0.25, 0.3) is 0 Å². The summed E-state index contributed by atoms with van der Waals surface area (Å²) in [4.78, 5) is 7.15. The molecule has 0 fully saturated rings. The molecule has 5 N–H and O–H groups in total. The third-order valence-corrected chi connectivity index (χ3v) is 3.62. The Morgan fingerprint density at radius 2 is 2.10 bits per heavy atom. The zero-order chi connectivity index (χ0) is 21.4. The minimum Gasteiger partial charge on any atom is -0.472 e. The second-order valence-electron chi connectivity index (χ2n) is 5.18. The molecule has 1 heterocycles. The van der Waals surface area contributed by atoms with Gasteiger partial charge in [-0.25, -0.2) is 19.0 Å². The zero-order valence-corrected chi connectivity index (χ0v) is 16.0. The second-order valence-corrected chi connectivity index (χ2v) is 6.03. The highest BCUT2D eigenvalue weighted by molar-refractivity contribution is 9.10. The summed E-state index contributed by atoms with van der Waals surface area (Å²) in [7, 11) is 0. The van der Waals surface area contributed by atoms with Crippen molar-refractivity contribution in [3.63, 3.8) is 0 Å². The summed E-state index contributed by atoms with van der Waals surface area (Å²) in [5, 5.41) is 18.8. The number of amidine groups is 1. The molecule has 1 aromatic carbocycles. The minimum absolute atomic E-state index is 0.0105. The minimum atomic E-state index is -4.46. The van der Waals surface area contributed by atoms with Gasteiger partial charge in [-0.3, -0.25) is 10.7 Å². The van der Waals surface area contributed by atoms with E-state index in [4.69, 9.17) is 10.5 Å². The molecule has 0 spiro atoms.